The summed E-state index contributed by atoms with van der Waals surface area (Å²) in [5.41, 5.74) is 1.08. The van der Waals surface area contributed by atoms with Gasteiger partial charge in [0.2, 0.25) is 0 Å². The van der Waals surface area contributed by atoms with Crippen LogP contribution in [0.3, 0.4) is 0 Å². The predicted molar refractivity (Wildman–Crippen MR) is 48.2 cm³/mol. The van der Waals surface area contributed by atoms with E-state index in [1.165, 1.54) is 0 Å². The normalized spacial score (nSPS) is 9.75. The van der Waals surface area contributed by atoms with E-state index in [0.29, 0.717) is 13.0 Å². The van der Waals surface area contributed by atoms with Gasteiger partial charge in [-0.15, -0.1) is 0 Å². The van der Waals surface area contributed by atoms with Crippen LogP contribution in [0.15, 0.2) is 16.9 Å². The zero-order chi connectivity index (χ0) is 8.97. The molecule has 3 N–H and O–H groups in total. The summed E-state index contributed by atoms with van der Waals surface area (Å²) >= 11 is 3.26. The lowest BCUT2D eigenvalue weighted by Crippen LogP contribution is -2.23. The minimum absolute atomic E-state index is 0.444. The molecular formula is C7H9BrN2O2. The number of H-pyrrole nitrogens is 1. The Labute approximate surface area is 78.1 Å². The van der Waals surface area contributed by atoms with Crippen LogP contribution in [-0.4, -0.2) is 22.7 Å². The van der Waals surface area contributed by atoms with E-state index < -0.39 is 6.09 Å². The Morgan fingerprint density at radius 1 is 1.75 bits per heavy atom. The summed E-state index contributed by atoms with van der Waals surface area (Å²) < 4.78 is 0.910. The number of aromatic nitrogens is 1. The van der Waals surface area contributed by atoms with Crippen molar-refractivity contribution < 1.29 is 9.90 Å². The van der Waals surface area contributed by atoms with Gasteiger partial charge < -0.3 is 15.4 Å². The molecule has 1 heterocycles. The molecule has 4 nitrogen and oxygen atoms in total. The third kappa shape index (κ3) is 2.96. The average Bonchev–Trinajstić information content (AvgIpc) is 2.35. The highest BCUT2D eigenvalue weighted by molar-refractivity contribution is 9.10. The second-order valence-corrected chi connectivity index (χ2v) is 3.19. The first-order chi connectivity index (χ1) is 5.68. The summed E-state index contributed by atoms with van der Waals surface area (Å²) in [5, 5.41) is 10.6. The molecule has 12 heavy (non-hydrogen) atoms. The summed E-state index contributed by atoms with van der Waals surface area (Å²) in [7, 11) is 0. The number of hydrogen-bond acceptors (Lipinski definition) is 1. The molecule has 1 aromatic rings. The lowest BCUT2D eigenvalue weighted by atomic mass is 10.2. The summed E-state index contributed by atoms with van der Waals surface area (Å²) in [4.78, 5) is 13.0. The first-order valence-corrected chi connectivity index (χ1v) is 4.27. The molecule has 0 aliphatic heterocycles. The summed E-state index contributed by atoms with van der Waals surface area (Å²) in [6, 6.07) is 1.92. The van der Waals surface area contributed by atoms with Crippen LogP contribution in [0.2, 0.25) is 0 Å². The van der Waals surface area contributed by atoms with Gasteiger partial charge in [0, 0.05) is 12.7 Å². The quantitative estimate of drug-likeness (QED) is 0.742. The van der Waals surface area contributed by atoms with Gasteiger partial charge in [-0.1, -0.05) is 0 Å². The lowest BCUT2D eigenvalue weighted by molar-refractivity contribution is 0.194. The Hall–Kier alpha value is -0.970. The number of carboxylic acid groups (broad SMARTS) is 1. The molecule has 0 aromatic carbocycles. The van der Waals surface area contributed by atoms with Crippen molar-refractivity contribution in [2.24, 2.45) is 0 Å². The van der Waals surface area contributed by atoms with Crippen LogP contribution >= 0.6 is 15.9 Å². The van der Waals surface area contributed by atoms with Crippen molar-refractivity contribution in [2.75, 3.05) is 6.54 Å². The van der Waals surface area contributed by atoms with Crippen LogP contribution in [0.1, 0.15) is 5.56 Å². The zero-order valence-electron chi connectivity index (χ0n) is 6.30. The van der Waals surface area contributed by atoms with Crippen molar-refractivity contribution in [1.29, 1.82) is 0 Å². The standard InChI is InChI=1S/C7H9BrN2O2/c8-6-3-5(4-10-6)1-2-9-7(11)12/h3-4,9-10H,1-2H2,(H,11,12). The third-order valence-corrected chi connectivity index (χ3v) is 1.86. The minimum Gasteiger partial charge on any atom is -0.465 e. The maximum Gasteiger partial charge on any atom is 0.404 e. The monoisotopic (exact) mass is 232 g/mol. The molecule has 0 bridgehead atoms. The SMILES string of the molecule is O=C(O)NCCc1c[nH]c(Br)c1. The van der Waals surface area contributed by atoms with Crippen molar-refractivity contribution in [3.05, 3.63) is 22.4 Å². The molecule has 0 spiro atoms. The van der Waals surface area contributed by atoms with Gasteiger partial charge in [0.05, 0.1) is 4.60 Å². The van der Waals surface area contributed by atoms with Gasteiger partial charge in [0.1, 0.15) is 0 Å². The number of halogens is 1. The number of nitrogens with one attached hydrogen (secondary N) is 2. The van der Waals surface area contributed by atoms with E-state index in [9.17, 15) is 4.79 Å². The van der Waals surface area contributed by atoms with Crippen molar-refractivity contribution >= 4 is 22.0 Å². The van der Waals surface area contributed by atoms with E-state index in [1.807, 2.05) is 12.3 Å². The van der Waals surface area contributed by atoms with Gasteiger partial charge in [-0.2, -0.15) is 0 Å². The van der Waals surface area contributed by atoms with Crippen molar-refractivity contribution in [3.63, 3.8) is 0 Å². The van der Waals surface area contributed by atoms with Crippen LogP contribution in [0.5, 0.6) is 0 Å². The fourth-order valence-corrected chi connectivity index (χ4v) is 1.27. The van der Waals surface area contributed by atoms with E-state index in [2.05, 4.69) is 26.2 Å². The number of hydrogen-bond donors (Lipinski definition) is 3. The Bertz CT molecular complexity index is 272. The Balaban J connectivity index is 2.29. The maximum absolute atomic E-state index is 10.1. The van der Waals surface area contributed by atoms with Crippen molar-refractivity contribution in [3.8, 4) is 0 Å². The van der Waals surface area contributed by atoms with Gasteiger partial charge in [0.25, 0.3) is 0 Å². The Kier molecular flexibility index (Phi) is 3.16. The summed E-state index contributed by atoms with van der Waals surface area (Å²) in [5.74, 6) is 0. The fourth-order valence-electron chi connectivity index (χ4n) is 0.866. The van der Waals surface area contributed by atoms with E-state index in [1.54, 1.807) is 0 Å². The first kappa shape index (κ1) is 9.12. The number of amides is 1. The second kappa shape index (κ2) is 4.15. The van der Waals surface area contributed by atoms with Crippen LogP contribution in [0, 0.1) is 0 Å². The summed E-state index contributed by atoms with van der Waals surface area (Å²) in [6.07, 6.45) is 1.56. The molecule has 0 aliphatic carbocycles. The van der Waals surface area contributed by atoms with Crippen LogP contribution in [-0.2, 0) is 6.42 Å². The molecule has 1 aromatic heterocycles. The van der Waals surface area contributed by atoms with Crippen molar-refractivity contribution in [1.82, 2.24) is 10.3 Å². The van der Waals surface area contributed by atoms with E-state index in [-0.39, 0.29) is 0 Å². The van der Waals surface area contributed by atoms with Crippen LogP contribution in [0.25, 0.3) is 0 Å². The molecule has 5 heteroatoms. The van der Waals surface area contributed by atoms with E-state index in [0.717, 1.165) is 10.2 Å². The van der Waals surface area contributed by atoms with Gasteiger partial charge in [0.15, 0.2) is 0 Å². The molecule has 0 saturated carbocycles. The lowest BCUT2D eigenvalue weighted by Gasteiger charge is -1.96. The molecular weight excluding hydrogens is 224 g/mol. The first-order valence-electron chi connectivity index (χ1n) is 3.48. The molecule has 0 aliphatic rings. The average molecular weight is 233 g/mol. The number of rotatable bonds is 3. The molecule has 0 unspecified atom stereocenters. The Morgan fingerprint density at radius 2 is 2.50 bits per heavy atom. The highest BCUT2D eigenvalue weighted by atomic mass is 79.9. The number of carbonyl (C=O) groups is 1. The molecule has 0 saturated heterocycles. The molecule has 0 radical (unpaired) electrons. The zero-order valence-corrected chi connectivity index (χ0v) is 7.89. The second-order valence-electron chi connectivity index (χ2n) is 2.34. The largest absolute Gasteiger partial charge is 0.465 e. The Morgan fingerprint density at radius 3 is 3.00 bits per heavy atom. The molecule has 0 atom stereocenters. The van der Waals surface area contributed by atoms with E-state index >= 15 is 0 Å². The molecule has 1 rings (SSSR count). The highest BCUT2D eigenvalue weighted by Gasteiger charge is 1.97. The molecule has 0 fully saturated rings. The fraction of sp³-hybridized carbons (Fsp3) is 0.286. The predicted octanol–water partition coefficient (Wildman–Crippen LogP) is 1.59. The molecule has 1 amide bonds. The van der Waals surface area contributed by atoms with E-state index in [4.69, 9.17) is 5.11 Å². The van der Waals surface area contributed by atoms with Gasteiger partial charge in [-0.25, -0.2) is 4.79 Å². The molecule has 66 valence electrons. The minimum atomic E-state index is -0.982. The van der Waals surface area contributed by atoms with Crippen LogP contribution < -0.4 is 5.32 Å². The summed E-state index contributed by atoms with van der Waals surface area (Å²) in [6.45, 7) is 0.444. The van der Waals surface area contributed by atoms with Gasteiger partial charge in [-0.05, 0) is 34.0 Å². The maximum atomic E-state index is 10.1. The smallest absolute Gasteiger partial charge is 0.404 e. The van der Waals surface area contributed by atoms with Gasteiger partial charge in [-0.3, -0.25) is 0 Å². The highest BCUT2D eigenvalue weighted by Crippen LogP contribution is 2.09. The number of aromatic amines is 1. The topological polar surface area (TPSA) is 65.1 Å². The third-order valence-electron chi connectivity index (χ3n) is 1.40. The van der Waals surface area contributed by atoms with Crippen LogP contribution in [0.4, 0.5) is 4.79 Å². The van der Waals surface area contributed by atoms with Crippen molar-refractivity contribution in [2.45, 2.75) is 6.42 Å². The van der Waals surface area contributed by atoms with Gasteiger partial charge >= 0.3 is 6.09 Å².